The molecule has 0 atom stereocenters. The molecule has 1 amide bonds. The molecule has 1 N–H and O–H groups in total. The molecule has 0 aliphatic rings. The van der Waals surface area contributed by atoms with Crippen molar-refractivity contribution >= 4 is 21.6 Å². The van der Waals surface area contributed by atoms with Gasteiger partial charge in [0.1, 0.15) is 6.54 Å². The van der Waals surface area contributed by atoms with E-state index in [1.165, 1.54) is 25.2 Å². The van der Waals surface area contributed by atoms with Gasteiger partial charge in [-0.05, 0) is 36.4 Å². The van der Waals surface area contributed by atoms with Crippen LogP contribution in [0.15, 0.2) is 47.4 Å². The molecule has 0 fully saturated rings. The average Bonchev–Trinajstić information content (AvgIpc) is 2.70. The molecule has 0 radical (unpaired) electrons. The van der Waals surface area contributed by atoms with Crippen LogP contribution in [-0.2, 0) is 27.2 Å². The van der Waals surface area contributed by atoms with Crippen molar-refractivity contribution in [3.05, 3.63) is 59.2 Å². The van der Waals surface area contributed by atoms with Gasteiger partial charge in [0.05, 0.1) is 21.7 Å². The quantitative estimate of drug-likeness (QED) is 0.543. The lowest BCUT2D eigenvalue weighted by Gasteiger charge is -2.25. The molecule has 0 saturated carbocycles. The molecular formula is C19H14F6N2O3S. The number of likely N-dealkylation sites (N-methyl/N-ethyl adjacent to an activating group) is 1. The second-order valence-electron chi connectivity index (χ2n) is 6.12. The van der Waals surface area contributed by atoms with Gasteiger partial charge in [0.2, 0.25) is 5.91 Å². The van der Waals surface area contributed by atoms with E-state index in [-0.39, 0.29) is 29.4 Å². The summed E-state index contributed by atoms with van der Waals surface area (Å²) in [5.41, 5.74) is -3.66. The zero-order chi connectivity index (χ0) is 23.6. The third-order valence-corrected chi connectivity index (χ3v) is 5.77. The summed E-state index contributed by atoms with van der Waals surface area (Å²) in [5, 5.41) is 2.14. The third-order valence-electron chi connectivity index (χ3n) is 4.02. The first kappa shape index (κ1) is 24.1. The van der Waals surface area contributed by atoms with E-state index < -0.39 is 50.9 Å². The Labute approximate surface area is 173 Å². The van der Waals surface area contributed by atoms with E-state index in [0.717, 1.165) is 6.07 Å². The zero-order valence-corrected chi connectivity index (χ0v) is 16.5. The molecule has 0 spiro atoms. The summed E-state index contributed by atoms with van der Waals surface area (Å²) >= 11 is 0. The fourth-order valence-electron chi connectivity index (χ4n) is 2.48. The lowest BCUT2D eigenvalue weighted by molar-refractivity contribution is -0.143. The van der Waals surface area contributed by atoms with E-state index in [1.54, 1.807) is 0 Å². The highest BCUT2D eigenvalue weighted by Gasteiger charge is 2.39. The third kappa shape index (κ3) is 5.49. The number of sulfonamides is 1. The van der Waals surface area contributed by atoms with Gasteiger partial charge in [-0.1, -0.05) is 12.0 Å². The topological polar surface area (TPSA) is 66.5 Å². The number of hydrogen-bond donors (Lipinski definition) is 1. The Morgan fingerprint density at radius 2 is 1.58 bits per heavy atom. The van der Waals surface area contributed by atoms with Crippen molar-refractivity contribution in [3.63, 3.8) is 0 Å². The van der Waals surface area contributed by atoms with Gasteiger partial charge in [-0.15, -0.1) is 6.42 Å². The van der Waals surface area contributed by atoms with Gasteiger partial charge in [0.25, 0.3) is 10.0 Å². The summed E-state index contributed by atoms with van der Waals surface area (Å²) in [6.45, 7) is -0.912. The van der Waals surface area contributed by atoms with E-state index in [9.17, 15) is 39.6 Å². The van der Waals surface area contributed by atoms with Gasteiger partial charge < -0.3 is 5.32 Å². The van der Waals surface area contributed by atoms with Crippen molar-refractivity contribution in [2.45, 2.75) is 17.2 Å². The Morgan fingerprint density at radius 1 is 1.03 bits per heavy atom. The molecule has 2 aromatic rings. The van der Waals surface area contributed by atoms with Crippen LogP contribution < -0.4 is 9.62 Å². The minimum Gasteiger partial charge on any atom is -0.358 e. The maximum absolute atomic E-state index is 13.1. The molecule has 2 rings (SSSR count). The first-order chi connectivity index (χ1) is 14.2. The highest BCUT2D eigenvalue weighted by atomic mass is 32.2. The minimum absolute atomic E-state index is 0.0759. The molecule has 0 heterocycles. The average molecular weight is 464 g/mol. The molecule has 0 aromatic heterocycles. The van der Waals surface area contributed by atoms with E-state index in [4.69, 9.17) is 6.42 Å². The van der Waals surface area contributed by atoms with Crippen LogP contribution in [0.25, 0.3) is 0 Å². The number of halogens is 6. The molecule has 0 aliphatic heterocycles. The van der Waals surface area contributed by atoms with Crippen molar-refractivity contribution in [1.82, 2.24) is 5.32 Å². The minimum atomic E-state index is -5.25. The number of nitrogens with zero attached hydrogens (tertiary/aromatic N) is 1. The fraction of sp³-hybridized carbons (Fsp3) is 0.211. The number of amides is 1. The molecule has 5 nitrogen and oxygen atoms in total. The summed E-state index contributed by atoms with van der Waals surface area (Å²) in [7, 11) is -3.87. The maximum atomic E-state index is 13.1. The van der Waals surface area contributed by atoms with Crippen molar-refractivity contribution in [2.75, 3.05) is 17.9 Å². The van der Waals surface area contributed by atoms with Crippen LogP contribution in [0.1, 0.15) is 16.7 Å². The van der Waals surface area contributed by atoms with Gasteiger partial charge in [0.15, 0.2) is 0 Å². The van der Waals surface area contributed by atoms with Crippen LogP contribution in [-0.4, -0.2) is 27.9 Å². The molecule has 12 heteroatoms. The van der Waals surface area contributed by atoms with Gasteiger partial charge in [0, 0.05) is 12.6 Å². The van der Waals surface area contributed by atoms with Gasteiger partial charge in [-0.2, -0.15) is 26.3 Å². The van der Waals surface area contributed by atoms with Crippen LogP contribution in [0.4, 0.5) is 32.0 Å². The number of rotatable bonds is 5. The van der Waals surface area contributed by atoms with Crippen LogP contribution in [0.2, 0.25) is 0 Å². The van der Waals surface area contributed by atoms with Crippen LogP contribution in [0, 0.1) is 12.3 Å². The van der Waals surface area contributed by atoms with E-state index in [2.05, 4.69) is 11.2 Å². The number of alkyl halides is 6. The lowest BCUT2D eigenvalue weighted by Crippen LogP contribution is -2.40. The summed E-state index contributed by atoms with van der Waals surface area (Å²) in [5.74, 6) is 1.36. The largest absolute Gasteiger partial charge is 0.416 e. The first-order valence-corrected chi connectivity index (χ1v) is 9.73. The highest BCUT2D eigenvalue weighted by molar-refractivity contribution is 7.92. The molecule has 0 bridgehead atoms. The molecule has 0 aliphatic carbocycles. The second-order valence-corrected chi connectivity index (χ2v) is 7.98. The van der Waals surface area contributed by atoms with E-state index in [0.29, 0.717) is 4.31 Å². The Morgan fingerprint density at radius 3 is 2.03 bits per heavy atom. The number of carbonyl (C=O) groups is 1. The van der Waals surface area contributed by atoms with Crippen LogP contribution in [0.3, 0.4) is 0 Å². The van der Waals surface area contributed by atoms with Gasteiger partial charge in [-0.3, -0.25) is 9.10 Å². The number of anilines is 1. The Hall–Kier alpha value is -3.20. The predicted octanol–water partition coefficient (Wildman–Crippen LogP) is 3.65. The Kier molecular flexibility index (Phi) is 6.60. The Balaban J connectivity index is 2.77. The van der Waals surface area contributed by atoms with Gasteiger partial charge in [-0.25, -0.2) is 8.42 Å². The molecule has 0 unspecified atom stereocenters. The van der Waals surface area contributed by atoms with Crippen molar-refractivity contribution in [2.24, 2.45) is 0 Å². The SMILES string of the molecule is C#Cc1cccc(N(CC(=O)NC)S(=O)(=O)c2cc(C(F)(F)F)cc(C(F)(F)F)c2)c1. The fourth-order valence-corrected chi connectivity index (χ4v) is 3.96. The molecule has 166 valence electrons. The smallest absolute Gasteiger partial charge is 0.358 e. The molecule has 0 saturated heterocycles. The number of carbonyl (C=O) groups excluding carboxylic acids is 1. The number of terminal acetylenes is 1. The van der Waals surface area contributed by atoms with Crippen molar-refractivity contribution < 1.29 is 39.6 Å². The maximum Gasteiger partial charge on any atom is 0.416 e. The number of benzene rings is 2. The van der Waals surface area contributed by atoms with Crippen molar-refractivity contribution in [1.29, 1.82) is 0 Å². The second kappa shape index (κ2) is 8.50. The lowest BCUT2D eigenvalue weighted by atomic mass is 10.1. The van der Waals surface area contributed by atoms with Gasteiger partial charge >= 0.3 is 12.4 Å². The van der Waals surface area contributed by atoms with E-state index >= 15 is 0 Å². The first-order valence-electron chi connectivity index (χ1n) is 8.29. The Bertz CT molecular complexity index is 1100. The predicted molar refractivity (Wildman–Crippen MR) is 99.4 cm³/mol. The highest BCUT2D eigenvalue weighted by Crippen LogP contribution is 2.38. The summed E-state index contributed by atoms with van der Waals surface area (Å²) in [6, 6.07) is 5.04. The van der Waals surface area contributed by atoms with E-state index in [1.807, 2.05) is 0 Å². The van der Waals surface area contributed by atoms with Crippen LogP contribution >= 0.6 is 0 Å². The summed E-state index contributed by atoms with van der Waals surface area (Å²) < 4.78 is 105. The zero-order valence-electron chi connectivity index (χ0n) is 15.7. The van der Waals surface area contributed by atoms with Crippen LogP contribution in [0.5, 0.6) is 0 Å². The summed E-state index contributed by atoms with van der Waals surface area (Å²) in [4.78, 5) is 10.6. The monoisotopic (exact) mass is 464 g/mol. The number of hydrogen-bond acceptors (Lipinski definition) is 3. The standard InChI is InChI=1S/C19H14F6N2O3S/c1-3-12-5-4-6-15(7-12)27(11-17(28)26-2)31(29,30)16-9-13(18(20,21)22)8-14(10-16)19(23,24)25/h1,4-10H,11H2,2H3,(H,26,28). The summed E-state index contributed by atoms with van der Waals surface area (Å²) in [6.07, 6.45) is -5.24. The molecule has 2 aromatic carbocycles. The molecular weight excluding hydrogens is 450 g/mol. The molecule has 31 heavy (non-hydrogen) atoms. The number of nitrogens with one attached hydrogen (secondary N) is 1. The normalized spacial score (nSPS) is 12.2. The van der Waals surface area contributed by atoms with Crippen molar-refractivity contribution in [3.8, 4) is 12.3 Å².